The molecule has 6 heteroatoms. The van der Waals surface area contributed by atoms with Crippen LogP contribution in [0, 0.1) is 0 Å². The first kappa shape index (κ1) is 18.3. The van der Waals surface area contributed by atoms with Crippen LogP contribution in [0.2, 0.25) is 10.0 Å². The first-order valence-corrected chi connectivity index (χ1v) is 9.15. The topological polar surface area (TPSA) is 47.9 Å². The summed E-state index contributed by atoms with van der Waals surface area (Å²) in [5.74, 6) is 1.03. The number of esters is 1. The predicted molar refractivity (Wildman–Crippen MR) is 110 cm³/mol. The first-order valence-electron chi connectivity index (χ1n) is 8.39. The lowest BCUT2D eigenvalue weighted by Crippen LogP contribution is -2.04. The highest BCUT2D eigenvalue weighted by Gasteiger charge is 2.23. The van der Waals surface area contributed by atoms with Crippen LogP contribution < -0.4 is 4.74 Å². The Kier molecular flexibility index (Phi) is 5.15. The fourth-order valence-corrected chi connectivity index (χ4v) is 2.87. The normalized spacial score (nSPS) is 14.7. The Labute approximate surface area is 171 Å². The van der Waals surface area contributed by atoms with E-state index < -0.39 is 5.97 Å². The molecule has 0 saturated heterocycles. The molecular formula is C22H13Cl2NO3. The minimum atomic E-state index is -0.477. The number of benzene rings is 3. The molecule has 138 valence electrons. The molecule has 4 nitrogen and oxygen atoms in total. The maximum absolute atomic E-state index is 12.1. The lowest BCUT2D eigenvalue weighted by atomic mass is 10.2. The number of hydrogen-bond acceptors (Lipinski definition) is 4. The van der Waals surface area contributed by atoms with Crippen LogP contribution in [0.25, 0.3) is 6.08 Å². The molecule has 1 aliphatic rings. The van der Waals surface area contributed by atoms with Crippen molar-refractivity contribution in [2.24, 2.45) is 4.99 Å². The van der Waals surface area contributed by atoms with Crippen LogP contribution in [0.4, 0.5) is 0 Å². The molecule has 4 rings (SSSR count). The van der Waals surface area contributed by atoms with Crippen molar-refractivity contribution in [3.63, 3.8) is 0 Å². The van der Waals surface area contributed by atoms with E-state index in [1.165, 1.54) is 0 Å². The molecule has 3 aromatic rings. The number of cyclic esters (lactones) is 1. The Morgan fingerprint density at radius 3 is 2.29 bits per heavy atom. The third-order valence-corrected chi connectivity index (χ3v) is 4.69. The van der Waals surface area contributed by atoms with Crippen LogP contribution in [-0.4, -0.2) is 11.9 Å². The summed E-state index contributed by atoms with van der Waals surface area (Å²) in [5, 5.41) is 0.891. The zero-order chi connectivity index (χ0) is 19.5. The monoisotopic (exact) mass is 409 g/mol. The van der Waals surface area contributed by atoms with E-state index in [4.69, 9.17) is 32.7 Å². The molecule has 0 fully saturated rings. The summed E-state index contributed by atoms with van der Waals surface area (Å²) >= 11 is 11.9. The van der Waals surface area contributed by atoms with Crippen molar-refractivity contribution in [3.8, 4) is 11.5 Å². The molecule has 0 atom stereocenters. The van der Waals surface area contributed by atoms with Crippen molar-refractivity contribution in [2.75, 3.05) is 0 Å². The van der Waals surface area contributed by atoms with E-state index in [0.717, 1.165) is 11.1 Å². The third kappa shape index (κ3) is 4.09. The molecule has 3 aromatic carbocycles. The molecule has 0 aromatic heterocycles. The molecular weight excluding hydrogens is 397 g/mol. The van der Waals surface area contributed by atoms with Gasteiger partial charge in [0.05, 0.1) is 10.0 Å². The Morgan fingerprint density at radius 1 is 0.857 bits per heavy atom. The molecule has 0 unspecified atom stereocenters. The number of hydrogen-bond donors (Lipinski definition) is 0. The number of rotatable bonds is 4. The van der Waals surface area contributed by atoms with E-state index in [1.54, 1.807) is 36.4 Å². The second-order valence-corrected chi connectivity index (χ2v) is 6.76. The van der Waals surface area contributed by atoms with E-state index in [1.807, 2.05) is 42.5 Å². The summed E-state index contributed by atoms with van der Waals surface area (Å²) in [4.78, 5) is 16.4. The fourth-order valence-electron chi connectivity index (χ4n) is 2.58. The van der Waals surface area contributed by atoms with Gasteiger partial charge in [0.25, 0.3) is 0 Å². The maximum atomic E-state index is 12.1. The summed E-state index contributed by atoms with van der Waals surface area (Å²) in [7, 11) is 0. The number of nitrogens with zero attached hydrogens (tertiary/aromatic N) is 1. The fraction of sp³-hybridized carbons (Fsp3) is 0. The van der Waals surface area contributed by atoms with Crippen molar-refractivity contribution >= 4 is 41.1 Å². The first-order chi connectivity index (χ1) is 13.6. The van der Waals surface area contributed by atoms with Gasteiger partial charge in [-0.05, 0) is 48.0 Å². The van der Waals surface area contributed by atoms with Crippen molar-refractivity contribution < 1.29 is 14.3 Å². The zero-order valence-corrected chi connectivity index (χ0v) is 15.9. The van der Waals surface area contributed by atoms with Crippen LogP contribution in [0.3, 0.4) is 0 Å². The molecule has 0 saturated carbocycles. The smallest absolute Gasteiger partial charge is 0.363 e. The van der Waals surface area contributed by atoms with Crippen LogP contribution in [0.15, 0.2) is 83.5 Å². The van der Waals surface area contributed by atoms with Gasteiger partial charge in [-0.25, -0.2) is 9.79 Å². The standard InChI is InChI=1S/C22H13Cl2NO3/c23-18-11-10-17(13-19(18)24)27-16-8-6-14(7-9-16)12-20-22(26)28-21(25-20)15-4-2-1-3-5-15/h1-13H/b20-12+. The van der Waals surface area contributed by atoms with Gasteiger partial charge in [-0.15, -0.1) is 0 Å². The van der Waals surface area contributed by atoms with E-state index >= 15 is 0 Å². The largest absolute Gasteiger partial charge is 0.457 e. The van der Waals surface area contributed by atoms with Gasteiger partial charge in [0.1, 0.15) is 11.5 Å². The molecule has 0 amide bonds. The van der Waals surface area contributed by atoms with E-state index in [-0.39, 0.29) is 5.70 Å². The Morgan fingerprint density at radius 2 is 1.57 bits per heavy atom. The van der Waals surface area contributed by atoms with Gasteiger partial charge >= 0.3 is 5.97 Å². The van der Waals surface area contributed by atoms with Crippen molar-refractivity contribution in [3.05, 3.63) is 99.7 Å². The van der Waals surface area contributed by atoms with Gasteiger partial charge in [0.2, 0.25) is 5.90 Å². The number of aliphatic imine (C=N–C) groups is 1. The minimum absolute atomic E-state index is 0.247. The Hall–Kier alpha value is -3.08. The van der Waals surface area contributed by atoms with Crippen LogP contribution in [0.1, 0.15) is 11.1 Å². The van der Waals surface area contributed by atoms with Gasteiger partial charge in [0.15, 0.2) is 5.70 Å². The molecule has 0 N–H and O–H groups in total. The summed E-state index contributed by atoms with van der Waals surface area (Å²) in [6.07, 6.45) is 1.67. The molecule has 1 heterocycles. The van der Waals surface area contributed by atoms with Gasteiger partial charge in [-0.2, -0.15) is 0 Å². The summed E-state index contributed by atoms with van der Waals surface area (Å²) < 4.78 is 11.0. The molecule has 1 aliphatic heterocycles. The van der Waals surface area contributed by atoms with Crippen molar-refractivity contribution in [2.45, 2.75) is 0 Å². The van der Waals surface area contributed by atoms with Gasteiger partial charge < -0.3 is 9.47 Å². The van der Waals surface area contributed by atoms with Crippen molar-refractivity contribution in [1.82, 2.24) is 0 Å². The molecule has 0 aliphatic carbocycles. The summed E-state index contributed by atoms with van der Waals surface area (Å²) in [6.45, 7) is 0. The Bertz CT molecular complexity index is 1090. The SMILES string of the molecule is O=C1OC(c2ccccc2)=N/C1=C/c1ccc(Oc2ccc(Cl)c(Cl)c2)cc1. The molecule has 0 bridgehead atoms. The van der Waals surface area contributed by atoms with Crippen LogP contribution in [0.5, 0.6) is 11.5 Å². The molecule has 0 radical (unpaired) electrons. The number of halogens is 2. The number of ether oxygens (including phenoxy) is 2. The van der Waals surface area contributed by atoms with Crippen LogP contribution in [-0.2, 0) is 9.53 Å². The Balaban J connectivity index is 1.51. The molecule has 0 spiro atoms. The van der Waals surface area contributed by atoms with Gasteiger partial charge in [0, 0.05) is 11.6 Å². The second-order valence-electron chi connectivity index (χ2n) is 5.95. The van der Waals surface area contributed by atoms with E-state index in [9.17, 15) is 4.79 Å². The average Bonchev–Trinajstić information content (AvgIpc) is 3.07. The van der Waals surface area contributed by atoms with Gasteiger partial charge in [-0.1, -0.05) is 53.5 Å². The summed E-state index contributed by atoms with van der Waals surface area (Å²) in [5.41, 5.74) is 1.80. The molecule has 28 heavy (non-hydrogen) atoms. The lowest BCUT2D eigenvalue weighted by molar-refractivity contribution is -0.129. The second kappa shape index (κ2) is 7.89. The summed E-state index contributed by atoms with van der Waals surface area (Å²) in [6, 6.07) is 21.6. The predicted octanol–water partition coefficient (Wildman–Crippen LogP) is 6.13. The van der Waals surface area contributed by atoms with E-state index in [0.29, 0.717) is 27.4 Å². The van der Waals surface area contributed by atoms with E-state index in [2.05, 4.69) is 4.99 Å². The quantitative estimate of drug-likeness (QED) is 0.384. The van der Waals surface area contributed by atoms with Gasteiger partial charge in [-0.3, -0.25) is 0 Å². The maximum Gasteiger partial charge on any atom is 0.363 e. The number of carbonyl (C=O) groups excluding carboxylic acids is 1. The highest BCUT2D eigenvalue weighted by molar-refractivity contribution is 6.42. The highest BCUT2D eigenvalue weighted by atomic mass is 35.5. The minimum Gasteiger partial charge on any atom is -0.457 e. The van der Waals surface area contributed by atoms with Crippen LogP contribution >= 0.6 is 23.2 Å². The lowest BCUT2D eigenvalue weighted by Gasteiger charge is -2.07. The third-order valence-electron chi connectivity index (χ3n) is 3.95. The zero-order valence-electron chi connectivity index (χ0n) is 14.4. The number of carbonyl (C=O) groups is 1. The van der Waals surface area contributed by atoms with Crippen molar-refractivity contribution in [1.29, 1.82) is 0 Å². The highest BCUT2D eigenvalue weighted by Crippen LogP contribution is 2.29. The average molecular weight is 410 g/mol.